The Morgan fingerprint density at radius 2 is 1.90 bits per heavy atom. The first-order chi connectivity index (χ1) is 9.29. The van der Waals surface area contributed by atoms with Crippen LogP contribution in [0.3, 0.4) is 0 Å². The highest BCUT2D eigenvalue weighted by molar-refractivity contribution is 9.10. The molecule has 0 aliphatic rings. The third-order valence-corrected chi connectivity index (χ3v) is 4.73. The minimum absolute atomic E-state index is 0.138. The van der Waals surface area contributed by atoms with E-state index in [-0.39, 0.29) is 10.6 Å². The Morgan fingerprint density at radius 1 is 1.20 bits per heavy atom. The molecule has 2 aromatic carbocycles. The van der Waals surface area contributed by atoms with Gasteiger partial charge in [0.15, 0.2) is 0 Å². The van der Waals surface area contributed by atoms with Crippen LogP contribution in [0, 0.1) is 12.7 Å². The zero-order valence-electron chi connectivity index (χ0n) is 10.5. The fourth-order valence-electron chi connectivity index (χ4n) is 1.67. The van der Waals surface area contributed by atoms with Gasteiger partial charge in [-0.05, 0) is 58.7 Å². The lowest BCUT2D eigenvalue weighted by atomic mass is 10.2. The van der Waals surface area contributed by atoms with Crippen molar-refractivity contribution in [2.24, 2.45) is 0 Å². The maximum absolute atomic E-state index is 13.0. The van der Waals surface area contributed by atoms with E-state index in [1.807, 2.05) is 6.92 Å². The van der Waals surface area contributed by atoms with E-state index in [0.29, 0.717) is 10.2 Å². The van der Waals surface area contributed by atoms with Crippen molar-refractivity contribution in [1.29, 1.82) is 0 Å². The average Bonchev–Trinajstić information content (AvgIpc) is 2.32. The minimum Gasteiger partial charge on any atom is -0.398 e. The molecule has 0 saturated carbocycles. The lowest BCUT2D eigenvalue weighted by molar-refractivity contribution is 0.600. The Hall–Kier alpha value is -1.60. The van der Waals surface area contributed by atoms with Gasteiger partial charge in [0.05, 0.1) is 11.4 Å². The fraction of sp³-hybridized carbons (Fsp3) is 0.0769. The van der Waals surface area contributed by atoms with Gasteiger partial charge >= 0.3 is 0 Å². The second-order valence-electron chi connectivity index (χ2n) is 4.27. The van der Waals surface area contributed by atoms with Crippen LogP contribution in [0.2, 0.25) is 0 Å². The molecule has 7 heteroatoms. The molecular formula is C13H12BrFN2O2S. The van der Waals surface area contributed by atoms with Gasteiger partial charge in [-0.1, -0.05) is 6.07 Å². The summed E-state index contributed by atoms with van der Waals surface area (Å²) >= 11 is 3.28. The zero-order valence-corrected chi connectivity index (χ0v) is 12.9. The fourth-order valence-corrected chi connectivity index (χ4v) is 3.58. The number of anilines is 2. The number of aryl methyl sites for hydroxylation is 1. The quantitative estimate of drug-likeness (QED) is 0.827. The largest absolute Gasteiger partial charge is 0.398 e. The topological polar surface area (TPSA) is 72.2 Å². The molecule has 0 aliphatic carbocycles. The highest BCUT2D eigenvalue weighted by Gasteiger charge is 2.19. The Morgan fingerprint density at radius 3 is 2.50 bits per heavy atom. The number of hydrogen-bond acceptors (Lipinski definition) is 3. The minimum atomic E-state index is -3.87. The average molecular weight is 359 g/mol. The maximum atomic E-state index is 13.0. The lowest BCUT2D eigenvalue weighted by Crippen LogP contribution is -2.15. The number of sulfonamides is 1. The smallest absolute Gasteiger partial charge is 0.263 e. The monoisotopic (exact) mass is 358 g/mol. The van der Waals surface area contributed by atoms with E-state index in [1.165, 1.54) is 0 Å². The molecule has 0 aliphatic heterocycles. The van der Waals surface area contributed by atoms with Crippen LogP contribution < -0.4 is 10.5 Å². The van der Waals surface area contributed by atoms with Gasteiger partial charge in [-0.2, -0.15) is 0 Å². The van der Waals surface area contributed by atoms with Crippen LogP contribution in [0.5, 0.6) is 0 Å². The van der Waals surface area contributed by atoms with Crippen molar-refractivity contribution in [2.75, 3.05) is 10.5 Å². The Balaban J connectivity index is 2.41. The van der Waals surface area contributed by atoms with Crippen LogP contribution in [-0.4, -0.2) is 8.42 Å². The number of nitrogens with two attached hydrogens (primary N) is 1. The van der Waals surface area contributed by atoms with Crippen molar-refractivity contribution < 1.29 is 12.8 Å². The van der Waals surface area contributed by atoms with Crippen LogP contribution in [0.1, 0.15) is 5.56 Å². The Kier molecular flexibility index (Phi) is 4.01. The number of halogens is 2. The molecule has 0 aromatic heterocycles. The summed E-state index contributed by atoms with van der Waals surface area (Å²) in [6.07, 6.45) is 0. The summed E-state index contributed by atoms with van der Waals surface area (Å²) in [5, 5.41) is 0. The van der Waals surface area contributed by atoms with Gasteiger partial charge in [0.25, 0.3) is 10.0 Å². The van der Waals surface area contributed by atoms with Gasteiger partial charge in [0, 0.05) is 4.47 Å². The van der Waals surface area contributed by atoms with E-state index in [9.17, 15) is 12.8 Å². The highest BCUT2D eigenvalue weighted by Crippen LogP contribution is 2.27. The predicted molar refractivity (Wildman–Crippen MR) is 80.5 cm³/mol. The van der Waals surface area contributed by atoms with E-state index in [4.69, 9.17) is 5.73 Å². The van der Waals surface area contributed by atoms with Crippen LogP contribution in [-0.2, 0) is 10.0 Å². The second-order valence-corrected chi connectivity index (χ2v) is 6.78. The Labute approximate surface area is 125 Å². The molecule has 0 radical (unpaired) electrons. The number of nitrogens with one attached hydrogen (secondary N) is 1. The van der Waals surface area contributed by atoms with Crippen molar-refractivity contribution in [3.05, 3.63) is 52.3 Å². The van der Waals surface area contributed by atoms with E-state index >= 15 is 0 Å². The molecule has 0 amide bonds. The van der Waals surface area contributed by atoms with Crippen molar-refractivity contribution in [1.82, 2.24) is 0 Å². The van der Waals surface area contributed by atoms with Crippen molar-refractivity contribution >= 4 is 37.3 Å². The van der Waals surface area contributed by atoms with Gasteiger partial charge in [-0.25, -0.2) is 12.8 Å². The molecule has 106 valence electrons. The molecule has 2 rings (SSSR count). The molecule has 2 aromatic rings. The van der Waals surface area contributed by atoms with E-state index in [2.05, 4.69) is 20.7 Å². The molecule has 20 heavy (non-hydrogen) atoms. The number of hydrogen-bond donors (Lipinski definition) is 2. The van der Waals surface area contributed by atoms with Crippen LogP contribution >= 0.6 is 15.9 Å². The van der Waals surface area contributed by atoms with Gasteiger partial charge < -0.3 is 5.73 Å². The van der Waals surface area contributed by atoms with E-state index < -0.39 is 15.8 Å². The molecule has 0 bridgehead atoms. The summed E-state index contributed by atoms with van der Waals surface area (Å²) in [5.41, 5.74) is 6.79. The maximum Gasteiger partial charge on any atom is 0.263 e. The molecule has 0 spiro atoms. The highest BCUT2D eigenvalue weighted by atomic mass is 79.9. The summed E-state index contributed by atoms with van der Waals surface area (Å²) in [7, 11) is -3.87. The van der Waals surface area contributed by atoms with Crippen molar-refractivity contribution in [2.45, 2.75) is 11.8 Å². The molecule has 0 atom stereocenters. The molecule has 4 nitrogen and oxygen atoms in total. The standard InChI is InChI=1S/C13H12BrFN2O2S/c1-8-2-4-12(10(14)6-8)17-20(18,19)13-5-3-9(15)7-11(13)16/h2-7,17H,16H2,1H3. The van der Waals surface area contributed by atoms with Crippen molar-refractivity contribution in [3.8, 4) is 0 Å². The predicted octanol–water partition coefficient (Wildman–Crippen LogP) is 3.28. The molecule has 3 N–H and O–H groups in total. The molecule has 0 heterocycles. The van der Waals surface area contributed by atoms with Crippen LogP contribution in [0.4, 0.5) is 15.8 Å². The van der Waals surface area contributed by atoms with Crippen molar-refractivity contribution in [3.63, 3.8) is 0 Å². The van der Waals surface area contributed by atoms with Gasteiger partial charge in [0.1, 0.15) is 10.7 Å². The third kappa shape index (κ3) is 3.10. The normalized spacial score (nSPS) is 11.3. The summed E-state index contributed by atoms with van der Waals surface area (Å²) in [6.45, 7) is 1.89. The zero-order chi connectivity index (χ0) is 14.9. The lowest BCUT2D eigenvalue weighted by Gasteiger charge is -2.12. The number of rotatable bonds is 3. The number of nitrogen functional groups attached to an aromatic ring is 1. The third-order valence-electron chi connectivity index (χ3n) is 2.63. The Bertz CT molecular complexity index is 763. The first-order valence-corrected chi connectivity index (χ1v) is 7.91. The summed E-state index contributed by atoms with van der Waals surface area (Å²) in [4.78, 5) is -0.161. The molecule has 0 unspecified atom stereocenters. The summed E-state index contributed by atoms with van der Waals surface area (Å²) in [6, 6.07) is 8.35. The molecular weight excluding hydrogens is 347 g/mol. The second kappa shape index (κ2) is 5.41. The van der Waals surface area contributed by atoms with E-state index in [1.54, 1.807) is 18.2 Å². The number of benzene rings is 2. The first kappa shape index (κ1) is 14.8. The van der Waals surface area contributed by atoms with Gasteiger partial charge in [-0.3, -0.25) is 4.72 Å². The first-order valence-electron chi connectivity index (χ1n) is 5.63. The summed E-state index contributed by atoms with van der Waals surface area (Å²) < 4.78 is 40.5. The molecule has 0 saturated heterocycles. The van der Waals surface area contributed by atoms with Crippen LogP contribution in [0.25, 0.3) is 0 Å². The van der Waals surface area contributed by atoms with Gasteiger partial charge in [-0.15, -0.1) is 0 Å². The molecule has 0 fully saturated rings. The van der Waals surface area contributed by atoms with Gasteiger partial charge in [0.2, 0.25) is 0 Å². The summed E-state index contributed by atoms with van der Waals surface area (Å²) in [5.74, 6) is -0.585. The van der Waals surface area contributed by atoms with E-state index in [0.717, 1.165) is 23.8 Å². The SMILES string of the molecule is Cc1ccc(NS(=O)(=O)c2ccc(F)cc2N)c(Br)c1. The van der Waals surface area contributed by atoms with Crippen LogP contribution in [0.15, 0.2) is 45.8 Å².